The SMILES string of the molecule is C=CCC1(COC(=O)NC2(OC(C)=O)CCCCC2)CCCC1. The average molecular weight is 323 g/mol. The average Bonchev–Trinajstić information content (AvgIpc) is 2.95. The molecular weight excluding hydrogens is 294 g/mol. The number of hydrogen-bond acceptors (Lipinski definition) is 4. The highest BCUT2D eigenvalue weighted by Gasteiger charge is 2.39. The Kier molecular flexibility index (Phi) is 6.08. The molecule has 2 saturated carbocycles. The molecule has 2 fully saturated rings. The Hall–Kier alpha value is -1.52. The van der Waals surface area contributed by atoms with E-state index >= 15 is 0 Å². The number of nitrogens with one attached hydrogen (secondary N) is 1. The fraction of sp³-hybridized carbons (Fsp3) is 0.778. The standard InChI is InChI=1S/C18H29NO4/c1-3-9-17(10-7-8-11-17)14-22-16(21)19-18(23-15(2)20)12-5-4-6-13-18/h3H,1,4-14H2,2H3,(H,19,21). The summed E-state index contributed by atoms with van der Waals surface area (Å²) in [5, 5.41) is 2.82. The van der Waals surface area contributed by atoms with Gasteiger partial charge in [-0.05, 0) is 32.1 Å². The van der Waals surface area contributed by atoms with E-state index in [2.05, 4.69) is 11.9 Å². The first-order chi connectivity index (χ1) is 11.0. The van der Waals surface area contributed by atoms with E-state index in [9.17, 15) is 9.59 Å². The van der Waals surface area contributed by atoms with Crippen LogP contribution >= 0.6 is 0 Å². The molecule has 0 radical (unpaired) electrons. The highest BCUT2D eigenvalue weighted by Crippen LogP contribution is 2.41. The van der Waals surface area contributed by atoms with Crippen molar-refractivity contribution >= 4 is 12.1 Å². The van der Waals surface area contributed by atoms with Crippen molar-refractivity contribution in [1.29, 1.82) is 0 Å². The van der Waals surface area contributed by atoms with Gasteiger partial charge in [-0.2, -0.15) is 0 Å². The van der Waals surface area contributed by atoms with Crippen molar-refractivity contribution in [2.24, 2.45) is 5.41 Å². The Balaban J connectivity index is 1.91. The van der Waals surface area contributed by atoms with Crippen molar-refractivity contribution in [1.82, 2.24) is 5.32 Å². The summed E-state index contributed by atoms with van der Waals surface area (Å²) in [6.45, 7) is 5.60. The molecule has 0 unspecified atom stereocenters. The molecule has 0 heterocycles. The first kappa shape index (κ1) is 17.8. The third kappa shape index (κ3) is 4.98. The van der Waals surface area contributed by atoms with Crippen LogP contribution in [0, 0.1) is 5.41 Å². The molecule has 2 aliphatic rings. The molecule has 0 aliphatic heterocycles. The molecule has 0 aromatic carbocycles. The van der Waals surface area contributed by atoms with E-state index in [-0.39, 0.29) is 11.4 Å². The number of amides is 1. The number of rotatable bonds is 6. The number of hydrogen-bond donors (Lipinski definition) is 1. The molecule has 2 rings (SSSR count). The van der Waals surface area contributed by atoms with Gasteiger partial charge >= 0.3 is 12.1 Å². The molecule has 0 bridgehead atoms. The summed E-state index contributed by atoms with van der Waals surface area (Å²) in [6.07, 6.45) is 11.1. The lowest BCUT2D eigenvalue weighted by atomic mass is 9.84. The van der Waals surface area contributed by atoms with Gasteiger partial charge in [0.1, 0.15) is 0 Å². The monoisotopic (exact) mass is 323 g/mol. The van der Waals surface area contributed by atoms with Gasteiger partial charge in [0.05, 0.1) is 6.61 Å². The van der Waals surface area contributed by atoms with Crippen LogP contribution in [-0.2, 0) is 14.3 Å². The van der Waals surface area contributed by atoms with Crippen molar-refractivity contribution in [3.8, 4) is 0 Å². The molecule has 0 aromatic heterocycles. The van der Waals surface area contributed by atoms with Gasteiger partial charge in [0.2, 0.25) is 0 Å². The number of carbonyl (C=O) groups excluding carboxylic acids is 2. The summed E-state index contributed by atoms with van der Waals surface area (Å²) in [6, 6.07) is 0. The minimum Gasteiger partial charge on any atom is -0.449 e. The van der Waals surface area contributed by atoms with Crippen LogP contribution in [0.3, 0.4) is 0 Å². The van der Waals surface area contributed by atoms with Crippen LogP contribution in [0.4, 0.5) is 4.79 Å². The molecule has 130 valence electrons. The zero-order valence-corrected chi connectivity index (χ0v) is 14.2. The molecule has 23 heavy (non-hydrogen) atoms. The maximum absolute atomic E-state index is 12.3. The molecule has 5 heteroatoms. The maximum atomic E-state index is 12.3. The molecule has 0 saturated heterocycles. The molecular formula is C18H29NO4. The second-order valence-corrected chi connectivity index (χ2v) is 7.05. The molecule has 1 amide bonds. The zero-order chi connectivity index (χ0) is 16.8. The van der Waals surface area contributed by atoms with Gasteiger partial charge in [0, 0.05) is 25.2 Å². The third-order valence-electron chi connectivity index (χ3n) is 5.08. The lowest BCUT2D eigenvalue weighted by molar-refractivity contribution is -0.164. The summed E-state index contributed by atoms with van der Waals surface area (Å²) in [7, 11) is 0. The van der Waals surface area contributed by atoms with Crippen LogP contribution in [0.25, 0.3) is 0 Å². The Morgan fingerprint density at radius 2 is 1.70 bits per heavy atom. The lowest BCUT2D eigenvalue weighted by Gasteiger charge is -2.37. The minimum absolute atomic E-state index is 0.0419. The van der Waals surface area contributed by atoms with Crippen LogP contribution in [0.15, 0.2) is 12.7 Å². The van der Waals surface area contributed by atoms with Gasteiger partial charge in [0.15, 0.2) is 5.72 Å². The molecule has 1 N–H and O–H groups in total. The Morgan fingerprint density at radius 1 is 1.09 bits per heavy atom. The van der Waals surface area contributed by atoms with Crippen LogP contribution in [-0.4, -0.2) is 24.4 Å². The Morgan fingerprint density at radius 3 is 2.26 bits per heavy atom. The topological polar surface area (TPSA) is 64.6 Å². The molecule has 5 nitrogen and oxygen atoms in total. The number of esters is 1. The van der Waals surface area contributed by atoms with Crippen molar-refractivity contribution in [3.63, 3.8) is 0 Å². The van der Waals surface area contributed by atoms with Crippen LogP contribution < -0.4 is 5.32 Å². The molecule has 0 aromatic rings. The van der Waals surface area contributed by atoms with E-state index in [0.29, 0.717) is 19.4 Å². The number of carbonyl (C=O) groups is 2. The number of alkyl carbamates (subject to hydrolysis) is 1. The van der Waals surface area contributed by atoms with E-state index in [0.717, 1.165) is 38.5 Å². The second-order valence-electron chi connectivity index (χ2n) is 7.05. The Bertz CT molecular complexity index is 434. The van der Waals surface area contributed by atoms with Gasteiger partial charge < -0.3 is 9.47 Å². The van der Waals surface area contributed by atoms with Crippen molar-refractivity contribution in [2.75, 3.05) is 6.61 Å². The van der Waals surface area contributed by atoms with Gasteiger partial charge in [-0.3, -0.25) is 10.1 Å². The number of allylic oxidation sites excluding steroid dienone is 1. The zero-order valence-electron chi connectivity index (χ0n) is 14.2. The second kappa shape index (κ2) is 7.84. The fourth-order valence-corrected chi connectivity index (χ4v) is 3.93. The summed E-state index contributed by atoms with van der Waals surface area (Å²) < 4.78 is 10.9. The predicted octanol–water partition coefficient (Wildman–Crippen LogP) is 4.07. The predicted molar refractivity (Wildman–Crippen MR) is 87.8 cm³/mol. The van der Waals surface area contributed by atoms with E-state index in [1.54, 1.807) is 0 Å². The molecule has 0 atom stereocenters. The van der Waals surface area contributed by atoms with Crippen molar-refractivity contribution in [3.05, 3.63) is 12.7 Å². The third-order valence-corrected chi connectivity index (χ3v) is 5.08. The first-order valence-electron chi connectivity index (χ1n) is 8.75. The summed E-state index contributed by atoms with van der Waals surface area (Å²) in [5.74, 6) is -0.369. The van der Waals surface area contributed by atoms with E-state index in [1.165, 1.54) is 19.8 Å². The van der Waals surface area contributed by atoms with Crippen molar-refractivity contribution in [2.45, 2.75) is 76.9 Å². The largest absolute Gasteiger partial charge is 0.449 e. The van der Waals surface area contributed by atoms with E-state index < -0.39 is 11.8 Å². The van der Waals surface area contributed by atoms with Crippen molar-refractivity contribution < 1.29 is 19.1 Å². The first-order valence-corrected chi connectivity index (χ1v) is 8.75. The normalized spacial score (nSPS) is 22.1. The summed E-state index contributed by atoms with van der Waals surface area (Å²) in [5.41, 5.74) is -0.845. The molecule has 2 aliphatic carbocycles. The van der Waals surface area contributed by atoms with Gasteiger partial charge in [-0.1, -0.05) is 25.3 Å². The van der Waals surface area contributed by atoms with Crippen LogP contribution in [0.2, 0.25) is 0 Å². The maximum Gasteiger partial charge on any atom is 0.410 e. The van der Waals surface area contributed by atoms with Crippen LogP contribution in [0.5, 0.6) is 0 Å². The van der Waals surface area contributed by atoms with Gasteiger partial charge in [0.25, 0.3) is 0 Å². The van der Waals surface area contributed by atoms with Crippen LogP contribution in [0.1, 0.15) is 71.1 Å². The smallest absolute Gasteiger partial charge is 0.410 e. The molecule has 0 spiro atoms. The Labute approximate surface area is 138 Å². The highest BCUT2D eigenvalue weighted by molar-refractivity contribution is 5.70. The van der Waals surface area contributed by atoms with Gasteiger partial charge in [-0.25, -0.2) is 4.79 Å². The minimum atomic E-state index is -0.886. The lowest BCUT2D eigenvalue weighted by Crippen LogP contribution is -2.53. The summed E-state index contributed by atoms with van der Waals surface area (Å²) >= 11 is 0. The van der Waals surface area contributed by atoms with E-state index in [4.69, 9.17) is 9.47 Å². The van der Waals surface area contributed by atoms with Gasteiger partial charge in [-0.15, -0.1) is 6.58 Å². The number of ether oxygens (including phenoxy) is 2. The summed E-state index contributed by atoms with van der Waals surface area (Å²) in [4.78, 5) is 23.6. The fourth-order valence-electron chi connectivity index (χ4n) is 3.93. The highest BCUT2D eigenvalue weighted by atomic mass is 16.6. The van der Waals surface area contributed by atoms with E-state index in [1.807, 2.05) is 6.08 Å². The quantitative estimate of drug-likeness (QED) is 0.454.